The van der Waals surface area contributed by atoms with Crippen molar-refractivity contribution in [3.8, 4) is 0 Å². The Morgan fingerprint density at radius 1 is 0.528 bits per heavy atom. The zero-order chi connectivity index (χ0) is 26.7. The largest absolute Gasteiger partial charge is 0.340 e. The van der Waals surface area contributed by atoms with Gasteiger partial charge in [0.15, 0.2) is 0 Å². The fourth-order valence-corrected chi connectivity index (χ4v) is 5.57. The summed E-state index contributed by atoms with van der Waals surface area (Å²) in [4.78, 5) is 14.8. The van der Waals surface area contributed by atoms with E-state index in [0.717, 1.165) is 6.42 Å². The molecule has 1 N–H and O–H groups in total. The third-order valence-corrected chi connectivity index (χ3v) is 7.91. The normalized spacial score (nSPS) is 13.3. The molecule has 0 aromatic carbocycles. The number of nitrogens with one attached hydrogen (secondary N) is 1. The van der Waals surface area contributed by atoms with Gasteiger partial charge in [-0.1, -0.05) is 156 Å². The smallest absolute Gasteiger partial charge is 0.221 e. The van der Waals surface area contributed by atoms with E-state index in [1.54, 1.807) is 0 Å². The first-order chi connectivity index (χ1) is 17.6. The molecule has 0 aromatic heterocycles. The number of nitrogens with zero attached hydrogens (tertiary/aromatic N) is 1. The molecule has 0 aromatic rings. The number of hydrogen-bond acceptors (Lipinski definition) is 2. The SMILES string of the molecule is CCCCCCCCCCCCCCCCCCCCCC(=O)NC(C(CCC)CCCC)N(C)C. The molecule has 1 amide bonds. The fraction of sp³-hybridized carbons (Fsp3) is 0.970. The molecule has 36 heavy (non-hydrogen) atoms. The third-order valence-electron chi connectivity index (χ3n) is 7.91. The molecule has 216 valence electrons. The lowest BCUT2D eigenvalue weighted by Gasteiger charge is -2.33. The molecule has 0 rings (SSSR count). The van der Waals surface area contributed by atoms with E-state index in [0.29, 0.717) is 12.3 Å². The first-order valence-electron chi connectivity index (χ1n) is 16.5. The van der Waals surface area contributed by atoms with Crippen LogP contribution in [0.2, 0.25) is 0 Å². The van der Waals surface area contributed by atoms with E-state index in [1.165, 1.54) is 148 Å². The summed E-state index contributed by atoms with van der Waals surface area (Å²) < 4.78 is 0. The minimum Gasteiger partial charge on any atom is -0.340 e. The highest BCUT2D eigenvalue weighted by molar-refractivity contribution is 5.76. The summed E-state index contributed by atoms with van der Waals surface area (Å²) in [5.74, 6) is 0.817. The van der Waals surface area contributed by atoms with Gasteiger partial charge in [-0.05, 0) is 39.3 Å². The van der Waals surface area contributed by atoms with Gasteiger partial charge in [0.05, 0.1) is 6.17 Å². The van der Waals surface area contributed by atoms with Crippen LogP contribution in [0.3, 0.4) is 0 Å². The van der Waals surface area contributed by atoms with Gasteiger partial charge in [-0.25, -0.2) is 0 Å². The van der Waals surface area contributed by atoms with Crippen molar-refractivity contribution in [2.75, 3.05) is 14.1 Å². The maximum atomic E-state index is 12.6. The highest BCUT2D eigenvalue weighted by Gasteiger charge is 2.23. The Morgan fingerprint density at radius 3 is 1.28 bits per heavy atom. The number of carbonyl (C=O) groups excluding carboxylic acids is 1. The van der Waals surface area contributed by atoms with Gasteiger partial charge in [0.25, 0.3) is 0 Å². The van der Waals surface area contributed by atoms with Gasteiger partial charge in [-0.3, -0.25) is 9.69 Å². The van der Waals surface area contributed by atoms with Crippen molar-refractivity contribution in [3.63, 3.8) is 0 Å². The first kappa shape index (κ1) is 35.4. The van der Waals surface area contributed by atoms with E-state index in [2.05, 4.69) is 45.1 Å². The summed E-state index contributed by atoms with van der Waals surface area (Å²) in [5.41, 5.74) is 0. The molecule has 0 aliphatic rings. The second-order valence-corrected chi connectivity index (χ2v) is 11.8. The van der Waals surface area contributed by atoms with Crippen LogP contribution in [-0.4, -0.2) is 31.1 Å². The third kappa shape index (κ3) is 22.6. The van der Waals surface area contributed by atoms with Gasteiger partial charge in [-0.2, -0.15) is 0 Å². The van der Waals surface area contributed by atoms with Crippen LogP contribution in [0.25, 0.3) is 0 Å². The first-order valence-corrected chi connectivity index (χ1v) is 16.5. The van der Waals surface area contributed by atoms with E-state index < -0.39 is 0 Å². The second-order valence-electron chi connectivity index (χ2n) is 11.8. The molecule has 0 fully saturated rings. The molecular weight excluding hydrogens is 440 g/mol. The lowest BCUT2D eigenvalue weighted by molar-refractivity contribution is -0.123. The summed E-state index contributed by atoms with van der Waals surface area (Å²) in [6.07, 6.45) is 33.3. The van der Waals surface area contributed by atoms with Gasteiger partial charge in [0.2, 0.25) is 5.91 Å². The standard InChI is InChI=1S/C33H68N2O/c1-6-9-11-12-13-14-15-16-17-18-19-20-21-22-23-24-25-26-27-30-32(36)34-33(35(4)5)31(28-8-3)29-10-7-2/h31,33H,6-30H2,1-5H3,(H,34,36). The Morgan fingerprint density at radius 2 is 0.917 bits per heavy atom. The van der Waals surface area contributed by atoms with Crippen LogP contribution in [0, 0.1) is 5.92 Å². The van der Waals surface area contributed by atoms with Gasteiger partial charge >= 0.3 is 0 Å². The molecule has 0 heterocycles. The lowest BCUT2D eigenvalue weighted by atomic mass is 9.93. The highest BCUT2D eigenvalue weighted by atomic mass is 16.1. The summed E-state index contributed by atoms with van der Waals surface area (Å²) in [6, 6.07) is 0. The van der Waals surface area contributed by atoms with Crippen LogP contribution in [0.4, 0.5) is 0 Å². The lowest BCUT2D eigenvalue weighted by Crippen LogP contribution is -2.49. The molecule has 0 radical (unpaired) electrons. The maximum Gasteiger partial charge on any atom is 0.221 e. The average molecular weight is 509 g/mol. The van der Waals surface area contributed by atoms with Gasteiger partial charge in [-0.15, -0.1) is 0 Å². The van der Waals surface area contributed by atoms with Crippen LogP contribution in [0.15, 0.2) is 0 Å². The topological polar surface area (TPSA) is 32.3 Å². The molecule has 0 aliphatic heterocycles. The van der Waals surface area contributed by atoms with Crippen LogP contribution >= 0.6 is 0 Å². The van der Waals surface area contributed by atoms with Crippen molar-refractivity contribution in [2.24, 2.45) is 5.92 Å². The fourth-order valence-electron chi connectivity index (χ4n) is 5.57. The van der Waals surface area contributed by atoms with E-state index >= 15 is 0 Å². The Hall–Kier alpha value is -0.570. The van der Waals surface area contributed by atoms with E-state index in [1.807, 2.05) is 0 Å². The summed E-state index contributed by atoms with van der Waals surface area (Å²) in [5, 5.41) is 3.36. The molecule has 0 saturated carbocycles. The number of rotatable bonds is 28. The molecule has 0 bridgehead atoms. The highest BCUT2D eigenvalue weighted by Crippen LogP contribution is 2.21. The van der Waals surface area contributed by atoms with Crippen molar-refractivity contribution in [1.29, 1.82) is 0 Å². The Kier molecular flexibility index (Phi) is 27.0. The van der Waals surface area contributed by atoms with Gasteiger partial charge in [0.1, 0.15) is 0 Å². The molecule has 2 atom stereocenters. The number of amides is 1. The quantitative estimate of drug-likeness (QED) is 0.0841. The van der Waals surface area contributed by atoms with Gasteiger partial charge in [0, 0.05) is 6.42 Å². The van der Waals surface area contributed by atoms with Crippen LogP contribution < -0.4 is 5.32 Å². The van der Waals surface area contributed by atoms with Crippen molar-refractivity contribution in [3.05, 3.63) is 0 Å². The second kappa shape index (κ2) is 27.5. The van der Waals surface area contributed by atoms with Crippen molar-refractivity contribution in [2.45, 2.75) is 187 Å². The number of carbonyl (C=O) groups is 1. The Balaban J connectivity index is 3.58. The number of hydrogen-bond donors (Lipinski definition) is 1. The average Bonchev–Trinajstić information content (AvgIpc) is 2.86. The minimum atomic E-state index is 0.185. The molecule has 0 spiro atoms. The number of unbranched alkanes of at least 4 members (excludes halogenated alkanes) is 19. The molecular formula is C33H68N2O. The molecule has 3 heteroatoms. The van der Waals surface area contributed by atoms with Crippen LogP contribution in [0.5, 0.6) is 0 Å². The van der Waals surface area contributed by atoms with Crippen molar-refractivity contribution in [1.82, 2.24) is 10.2 Å². The Labute approximate surface area is 228 Å². The van der Waals surface area contributed by atoms with Crippen LogP contribution in [0.1, 0.15) is 181 Å². The van der Waals surface area contributed by atoms with E-state index in [4.69, 9.17) is 0 Å². The predicted molar refractivity (Wildman–Crippen MR) is 162 cm³/mol. The Bertz CT molecular complexity index is 451. The zero-order valence-electron chi connectivity index (χ0n) is 25.7. The molecule has 2 unspecified atom stereocenters. The maximum absolute atomic E-state index is 12.6. The van der Waals surface area contributed by atoms with Gasteiger partial charge < -0.3 is 5.32 Å². The zero-order valence-corrected chi connectivity index (χ0v) is 25.7. The van der Waals surface area contributed by atoms with E-state index in [-0.39, 0.29) is 12.1 Å². The predicted octanol–water partition coefficient (Wildman–Crippen LogP) is 10.4. The summed E-state index contributed by atoms with van der Waals surface area (Å²) >= 11 is 0. The van der Waals surface area contributed by atoms with E-state index in [9.17, 15) is 4.79 Å². The monoisotopic (exact) mass is 509 g/mol. The molecule has 0 aliphatic carbocycles. The minimum absolute atomic E-state index is 0.185. The summed E-state index contributed by atoms with van der Waals surface area (Å²) in [6.45, 7) is 6.81. The van der Waals surface area contributed by atoms with Crippen LogP contribution in [-0.2, 0) is 4.79 Å². The molecule has 3 nitrogen and oxygen atoms in total. The summed E-state index contributed by atoms with van der Waals surface area (Å²) in [7, 11) is 4.22. The molecule has 0 saturated heterocycles. The van der Waals surface area contributed by atoms with Crippen molar-refractivity contribution >= 4 is 5.91 Å². The van der Waals surface area contributed by atoms with Crippen molar-refractivity contribution < 1.29 is 4.79 Å².